The van der Waals surface area contributed by atoms with Crippen LogP contribution in [0.5, 0.6) is 0 Å². The van der Waals surface area contributed by atoms with Crippen LogP contribution in [0.4, 0.5) is 10.6 Å². The highest BCUT2D eigenvalue weighted by molar-refractivity contribution is 5.94. The molecule has 28 heavy (non-hydrogen) atoms. The van der Waals surface area contributed by atoms with Crippen molar-refractivity contribution in [1.29, 1.82) is 0 Å². The van der Waals surface area contributed by atoms with Gasteiger partial charge in [0.05, 0.1) is 17.7 Å². The zero-order valence-electron chi connectivity index (χ0n) is 16.6. The van der Waals surface area contributed by atoms with E-state index in [1.54, 1.807) is 11.1 Å². The summed E-state index contributed by atoms with van der Waals surface area (Å²) in [6.07, 6.45) is 3.57. The quantitative estimate of drug-likeness (QED) is 0.839. The molecule has 0 unspecified atom stereocenters. The average Bonchev–Trinajstić information content (AvgIpc) is 2.87. The predicted octanol–water partition coefficient (Wildman–Crippen LogP) is 3.05. The summed E-state index contributed by atoms with van der Waals surface area (Å²) in [4.78, 5) is 27.0. The van der Waals surface area contributed by atoms with E-state index in [1.165, 1.54) is 0 Å². The Kier molecular flexibility index (Phi) is 4.61. The smallest absolute Gasteiger partial charge is 0.323 e. The van der Waals surface area contributed by atoms with Crippen LogP contribution in [0.2, 0.25) is 0 Å². The number of carbonyl (C=O) groups excluding carboxylic acids is 2. The second-order valence-electron chi connectivity index (χ2n) is 8.67. The van der Waals surface area contributed by atoms with E-state index in [0.717, 1.165) is 24.0 Å². The summed E-state index contributed by atoms with van der Waals surface area (Å²) in [6, 6.07) is 9.78. The molecule has 2 atom stereocenters. The molecule has 0 radical (unpaired) electrons. The average molecular weight is 381 g/mol. The van der Waals surface area contributed by atoms with Gasteiger partial charge in [-0.05, 0) is 39.2 Å². The number of rotatable bonds is 2. The molecule has 0 aliphatic carbocycles. The van der Waals surface area contributed by atoms with Gasteiger partial charge in [-0.3, -0.25) is 10.1 Å². The fourth-order valence-corrected chi connectivity index (χ4v) is 3.99. The summed E-state index contributed by atoms with van der Waals surface area (Å²) in [7, 11) is 0. The van der Waals surface area contributed by atoms with Crippen LogP contribution < -0.4 is 10.6 Å². The Morgan fingerprint density at radius 3 is 2.61 bits per heavy atom. The van der Waals surface area contributed by atoms with Crippen molar-refractivity contribution in [3.63, 3.8) is 0 Å². The van der Waals surface area contributed by atoms with Crippen LogP contribution in [0, 0.1) is 5.92 Å². The van der Waals surface area contributed by atoms with Gasteiger partial charge in [0.25, 0.3) is 0 Å². The van der Waals surface area contributed by atoms with Crippen molar-refractivity contribution >= 4 is 17.8 Å². The number of nitrogens with one attached hydrogen (secondary N) is 2. The number of anilines is 1. The van der Waals surface area contributed by atoms with Crippen LogP contribution >= 0.6 is 0 Å². The predicted molar refractivity (Wildman–Crippen MR) is 108 cm³/mol. The van der Waals surface area contributed by atoms with Gasteiger partial charge >= 0.3 is 6.03 Å². The number of carbonyl (C=O) groups is 2. The first-order valence-corrected chi connectivity index (χ1v) is 9.83. The molecular formula is C21H27N5O2. The first kappa shape index (κ1) is 18.5. The number of amides is 3. The highest BCUT2D eigenvalue weighted by Gasteiger charge is 2.37. The van der Waals surface area contributed by atoms with Gasteiger partial charge in [0.1, 0.15) is 5.82 Å². The Morgan fingerprint density at radius 1 is 1.18 bits per heavy atom. The van der Waals surface area contributed by atoms with Gasteiger partial charge in [0, 0.05) is 24.7 Å². The fraction of sp³-hybridized carbons (Fsp3) is 0.476. The van der Waals surface area contributed by atoms with E-state index in [2.05, 4.69) is 36.5 Å². The third kappa shape index (κ3) is 3.48. The molecule has 3 fully saturated rings. The number of urea groups is 1. The molecular weight excluding hydrogens is 354 g/mol. The lowest BCUT2D eigenvalue weighted by molar-refractivity contribution is -0.126. The molecule has 0 spiro atoms. The van der Waals surface area contributed by atoms with Gasteiger partial charge in [-0.1, -0.05) is 30.3 Å². The summed E-state index contributed by atoms with van der Waals surface area (Å²) in [6.45, 7) is 7.16. The number of hydrogen-bond donors (Lipinski definition) is 2. The van der Waals surface area contributed by atoms with Gasteiger partial charge in [-0.2, -0.15) is 5.10 Å². The summed E-state index contributed by atoms with van der Waals surface area (Å²) >= 11 is 0. The second-order valence-corrected chi connectivity index (χ2v) is 8.67. The lowest BCUT2D eigenvalue weighted by Crippen LogP contribution is -2.44. The zero-order valence-corrected chi connectivity index (χ0v) is 16.6. The van der Waals surface area contributed by atoms with Crippen molar-refractivity contribution in [2.24, 2.45) is 5.92 Å². The lowest BCUT2D eigenvalue weighted by Gasteiger charge is -2.26. The molecule has 3 amide bonds. The number of benzene rings is 1. The van der Waals surface area contributed by atoms with Crippen molar-refractivity contribution in [2.45, 2.75) is 45.2 Å². The topological polar surface area (TPSA) is 79.3 Å². The monoisotopic (exact) mass is 381 g/mol. The number of aromatic nitrogens is 2. The minimum Gasteiger partial charge on any atom is -0.351 e. The maximum atomic E-state index is 13.1. The van der Waals surface area contributed by atoms with Gasteiger partial charge in [-0.15, -0.1) is 0 Å². The van der Waals surface area contributed by atoms with Crippen molar-refractivity contribution in [3.05, 3.63) is 36.5 Å². The molecule has 0 saturated carbocycles. The fourth-order valence-electron chi connectivity index (χ4n) is 3.99. The van der Waals surface area contributed by atoms with Crippen LogP contribution in [0.3, 0.4) is 0 Å². The second kappa shape index (κ2) is 6.96. The van der Waals surface area contributed by atoms with E-state index in [9.17, 15) is 9.59 Å². The first-order valence-electron chi connectivity index (χ1n) is 9.83. The van der Waals surface area contributed by atoms with E-state index < -0.39 is 0 Å². The van der Waals surface area contributed by atoms with Crippen LogP contribution in [0.25, 0.3) is 11.1 Å². The Hall–Kier alpha value is -2.83. The number of nitrogens with zero attached hydrogens (tertiary/aromatic N) is 3. The summed E-state index contributed by atoms with van der Waals surface area (Å²) in [5.74, 6) is 0.626. The minimum atomic E-state index is -0.287. The molecule has 7 nitrogen and oxygen atoms in total. The summed E-state index contributed by atoms with van der Waals surface area (Å²) in [5, 5.41) is 10.7. The standard InChI is InChI=1S/C21H27N5O2/c1-21(2,3)26-18(17(11-22-26)14-7-5-4-6-8-14)24-20(28)25-12-15-9-10-16(13-25)23-19(15)27/h4-8,11,15-16H,9-10,12-13H2,1-3H3,(H,23,27)(H,24,28)/t15-,16+/m1/s1. The summed E-state index contributed by atoms with van der Waals surface area (Å²) < 4.78 is 1.85. The Balaban J connectivity index is 1.64. The number of hydrogen-bond acceptors (Lipinski definition) is 3. The largest absolute Gasteiger partial charge is 0.351 e. The van der Waals surface area contributed by atoms with E-state index >= 15 is 0 Å². The van der Waals surface area contributed by atoms with Crippen molar-refractivity contribution < 1.29 is 9.59 Å². The summed E-state index contributed by atoms with van der Waals surface area (Å²) in [5.41, 5.74) is 1.60. The molecule has 2 bridgehead atoms. The van der Waals surface area contributed by atoms with E-state index in [-0.39, 0.29) is 29.4 Å². The molecule has 1 aromatic heterocycles. The number of piperidine rings is 1. The zero-order chi connectivity index (χ0) is 19.9. The van der Waals surface area contributed by atoms with Gasteiger partial charge in [0.15, 0.2) is 0 Å². The van der Waals surface area contributed by atoms with Crippen LogP contribution in [0.15, 0.2) is 36.5 Å². The molecule has 2 N–H and O–H groups in total. The highest BCUT2D eigenvalue weighted by Crippen LogP contribution is 2.32. The Bertz CT molecular complexity index is 884. The third-order valence-corrected chi connectivity index (χ3v) is 5.46. The molecule has 4 heterocycles. The molecule has 5 rings (SSSR count). The normalized spacial score (nSPS) is 22.0. The van der Waals surface area contributed by atoms with Crippen LogP contribution in [0.1, 0.15) is 33.6 Å². The number of fused-ring (bicyclic) bond motifs is 4. The third-order valence-electron chi connectivity index (χ3n) is 5.46. The van der Waals surface area contributed by atoms with Crippen molar-refractivity contribution in [2.75, 3.05) is 18.4 Å². The van der Waals surface area contributed by atoms with E-state index in [1.807, 2.05) is 35.0 Å². The lowest BCUT2D eigenvalue weighted by atomic mass is 9.96. The molecule has 1 aromatic carbocycles. The maximum absolute atomic E-state index is 13.1. The van der Waals surface area contributed by atoms with E-state index in [0.29, 0.717) is 18.9 Å². The minimum absolute atomic E-state index is 0.0399. The Labute approximate surface area is 165 Å². The van der Waals surface area contributed by atoms with E-state index in [4.69, 9.17) is 0 Å². The molecule has 3 aliphatic heterocycles. The molecule has 7 heteroatoms. The van der Waals surface area contributed by atoms with Gasteiger partial charge < -0.3 is 10.2 Å². The van der Waals surface area contributed by atoms with Crippen molar-refractivity contribution in [1.82, 2.24) is 20.0 Å². The van der Waals surface area contributed by atoms with Crippen LogP contribution in [-0.2, 0) is 10.3 Å². The molecule has 3 aliphatic rings. The SMILES string of the molecule is CC(C)(C)n1ncc(-c2ccccc2)c1NC(=O)N1C[C@@H]2CC[C@H](C1)C(=O)N2. The van der Waals surface area contributed by atoms with Crippen molar-refractivity contribution in [3.8, 4) is 11.1 Å². The highest BCUT2D eigenvalue weighted by atomic mass is 16.2. The first-order chi connectivity index (χ1) is 13.3. The van der Waals surface area contributed by atoms with Gasteiger partial charge in [-0.25, -0.2) is 9.48 Å². The Morgan fingerprint density at radius 2 is 1.93 bits per heavy atom. The maximum Gasteiger partial charge on any atom is 0.323 e. The van der Waals surface area contributed by atoms with Crippen LogP contribution in [-0.4, -0.2) is 45.8 Å². The van der Waals surface area contributed by atoms with Gasteiger partial charge in [0.2, 0.25) is 5.91 Å². The molecule has 2 aromatic rings. The molecule has 148 valence electrons. The molecule has 3 saturated heterocycles.